The van der Waals surface area contributed by atoms with E-state index >= 15 is 0 Å². The highest BCUT2D eigenvalue weighted by Gasteiger charge is 2.23. The lowest BCUT2D eigenvalue weighted by molar-refractivity contribution is -0.136. The molecular weight excluding hydrogens is 388 g/mol. The van der Waals surface area contributed by atoms with E-state index in [1.807, 2.05) is 0 Å². The van der Waals surface area contributed by atoms with Crippen LogP contribution in [0.4, 0.5) is 5.13 Å². The van der Waals surface area contributed by atoms with Gasteiger partial charge in [-0.05, 0) is 12.5 Å². The summed E-state index contributed by atoms with van der Waals surface area (Å²) in [7, 11) is 0. The Balaban J connectivity index is 1.40. The van der Waals surface area contributed by atoms with Gasteiger partial charge in [0.2, 0.25) is 0 Å². The molecule has 154 valence electrons. The number of nitrogens with one attached hydrogen (secondary N) is 1. The molecule has 8 heteroatoms. The van der Waals surface area contributed by atoms with E-state index in [1.165, 1.54) is 22.5 Å². The van der Waals surface area contributed by atoms with E-state index in [4.69, 9.17) is 4.74 Å². The van der Waals surface area contributed by atoms with E-state index in [-0.39, 0.29) is 18.2 Å². The molecule has 29 heavy (non-hydrogen) atoms. The molecule has 1 aromatic carbocycles. The molecule has 1 saturated heterocycles. The number of esters is 1. The Kier molecular flexibility index (Phi) is 7.37. The minimum atomic E-state index is -0.584. The van der Waals surface area contributed by atoms with E-state index in [0.29, 0.717) is 24.8 Å². The van der Waals surface area contributed by atoms with Gasteiger partial charge >= 0.3 is 5.97 Å². The molecule has 0 saturated carbocycles. The van der Waals surface area contributed by atoms with Crippen LogP contribution < -0.4 is 5.32 Å². The summed E-state index contributed by atoms with van der Waals surface area (Å²) in [4.78, 5) is 32.7. The first kappa shape index (κ1) is 21.0. The number of nitrogens with zero attached hydrogens (tertiary/aromatic N) is 3. The number of aromatic nitrogens is 1. The van der Waals surface area contributed by atoms with Gasteiger partial charge in [0.15, 0.2) is 17.4 Å². The molecule has 1 aliphatic heterocycles. The van der Waals surface area contributed by atoms with Crippen LogP contribution in [0.15, 0.2) is 42.3 Å². The maximum absolute atomic E-state index is 12.4. The number of piperazine rings is 1. The predicted octanol–water partition coefficient (Wildman–Crippen LogP) is 2.55. The van der Waals surface area contributed by atoms with Gasteiger partial charge in [-0.3, -0.25) is 9.69 Å². The maximum atomic E-state index is 12.4. The largest absolute Gasteiger partial charge is 0.451 e. The molecule has 0 radical (unpaired) electrons. The van der Waals surface area contributed by atoms with Gasteiger partial charge in [0.05, 0.1) is 0 Å². The minimum absolute atomic E-state index is 0.172. The molecule has 7 nitrogen and oxygen atoms in total. The van der Waals surface area contributed by atoms with Crippen LogP contribution in [0.2, 0.25) is 0 Å². The Morgan fingerprint density at radius 3 is 2.83 bits per heavy atom. The van der Waals surface area contributed by atoms with Crippen molar-refractivity contribution >= 4 is 28.3 Å². The van der Waals surface area contributed by atoms with Gasteiger partial charge in [-0.2, -0.15) is 0 Å². The average Bonchev–Trinajstić information content (AvgIpc) is 3.20. The number of hydrogen-bond donors (Lipinski definition) is 1. The standard InChI is InChI=1S/C21H26N4O3S/c1-3-7-22-21-23-18(15-29-21)20(27)28-14-19(26)25-10-8-24(9-11-25)13-17-6-4-5-16(2)12-17/h3-6,12,15H,1,7-11,13-14H2,2H3,(H,22,23). The first-order valence-corrected chi connectivity index (χ1v) is 10.5. The van der Waals surface area contributed by atoms with Crippen molar-refractivity contribution in [3.05, 3.63) is 59.1 Å². The molecule has 0 unspecified atom stereocenters. The molecule has 0 bridgehead atoms. The van der Waals surface area contributed by atoms with Gasteiger partial charge in [0.25, 0.3) is 5.91 Å². The van der Waals surface area contributed by atoms with Crippen molar-refractivity contribution in [2.75, 3.05) is 44.6 Å². The van der Waals surface area contributed by atoms with Gasteiger partial charge in [-0.1, -0.05) is 35.9 Å². The van der Waals surface area contributed by atoms with Gasteiger partial charge in [0, 0.05) is 44.6 Å². The van der Waals surface area contributed by atoms with Gasteiger partial charge < -0.3 is 15.0 Å². The summed E-state index contributed by atoms with van der Waals surface area (Å²) in [6.45, 7) is 9.77. The van der Waals surface area contributed by atoms with Gasteiger partial charge in [0.1, 0.15) is 0 Å². The van der Waals surface area contributed by atoms with Crippen LogP contribution in [-0.4, -0.2) is 66.0 Å². The quantitative estimate of drug-likeness (QED) is 0.529. The fourth-order valence-electron chi connectivity index (χ4n) is 3.12. The normalized spacial score (nSPS) is 14.4. The molecule has 1 amide bonds. The fourth-order valence-corrected chi connectivity index (χ4v) is 3.81. The molecule has 1 fully saturated rings. The number of anilines is 1. The zero-order chi connectivity index (χ0) is 20.6. The molecule has 0 spiro atoms. The third-order valence-corrected chi connectivity index (χ3v) is 5.45. The third kappa shape index (κ3) is 6.13. The third-order valence-electron chi connectivity index (χ3n) is 4.65. The Labute approximate surface area is 175 Å². The molecule has 2 aromatic rings. The highest BCUT2D eigenvalue weighted by molar-refractivity contribution is 7.13. The van der Waals surface area contributed by atoms with E-state index in [0.717, 1.165) is 19.6 Å². The van der Waals surface area contributed by atoms with E-state index in [1.54, 1.807) is 16.4 Å². The van der Waals surface area contributed by atoms with Crippen molar-refractivity contribution in [3.8, 4) is 0 Å². The molecule has 2 heterocycles. The summed E-state index contributed by atoms with van der Waals surface area (Å²) < 4.78 is 5.15. The summed E-state index contributed by atoms with van der Waals surface area (Å²) in [5, 5.41) is 5.24. The van der Waals surface area contributed by atoms with Crippen molar-refractivity contribution in [1.82, 2.24) is 14.8 Å². The number of hydrogen-bond acceptors (Lipinski definition) is 7. The topological polar surface area (TPSA) is 74.8 Å². The fraction of sp³-hybridized carbons (Fsp3) is 0.381. The summed E-state index contributed by atoms with van der Waals surface area (Å²) in [5.41, 5.74) is 2.74. The smallest absolute Gasteiger partial charge is 0.358 e. The number of aryl methyl sites for hydroxylation is 1. The number of thiazole rings is 1. The van der Waals surface area contributed by atoms with Crippen LogP contribution >= 0.6 is 11.3 Å². The highest BCUT2D eigenvalue weighted by atomic mass is 32.1. The molecule has 0 atom stereocenters. The Morgan fingerprint density at radius 1 is 1.31 bits per heavy atom. The number of amides is 1. The van der Waals surface area contributed by atoms with Crippen LogP contribution in [0.5, 0.6) is 0 Å². The maximum Gasteiger partial charge on any atom is 0.358 e. The lowest BCUT2D eigenvalue weighted by Gasteiger charge is -2.34. The van der Waals surface area contributed by atoms with Crippen LogP contribution in [-0.2, 0) is 16.1 Å². The summed E-state index contributed by atoms with van der Waals surface area (Å²) in [6.07, 6.45) is 1.71. The zero-order valence-corrected chi connectivity index (χ0v) is 17.4. The van der Waals surface area contributed by atoms with Crippen molar-refractivity contribution < 1.29 is 14.3 Å². The second-order valence-electron chi connectivity index (χ2n) is 6.93. The molecule has 1 N–H and O–H groups in total. The number of benzene rings is 1. The zero-order valence-electron chi connectivity index (χ0n) is 16.6. The van der Waals surface area contributed by atoms with Crippen molar-refractivity contribution in [2.24, 2.45) is 0 Å². The molecule has 0 aliphatic carbocycles. The van der Waals surface area contributed by atoms with Crippen LogP contribution in [0.25, 0.3) is 0 Å². The number of carbonyl (C=O) groups is 2. The lowest BCUT2D eigenvalue weighted by atomic mass is 10.1. The highest BCUT2D eigenvalue weighted by Crippen LogP contribution is 2.16. The van der Waals surface area contributed by atoms with E-state index < -0.39 is 5.97 Å². The second kappa shape index (κ2) is 10.2. The summed E-state index contributed by atoms with van der Waals surface area (Å²) >= 11 is 1.31. The molecule has 1 aromatic heterocycles. The van der Waals surface area contributed by atoms with Crippen LogP contribution in [0, 0.1) is 6.92 Å². The van der Waals surface area contributed by atoms with Crippen LogP contribution in [0.1, 0.15) is 21.6 Å². The Bertz CT molecular complexity index is 859. The average molecular weight is 415 g/mol. The molecule has 1 aliphatic rings. The lowest BCUT2D eigenvalue weighted by Crippen LogP contribution is -2.49. The SMILES string of the molecule is C=CCNc1nc(C(=O)OCC(=O)N2CCN(Cc3cccc(C)c3)CC2)cs1. The summed E-state index contributed by atoms with van der Waals surface area (Å²) in [6, 6.07) is 8.47. The Morgan fingerprint density at radius 2 is 2.10 bits per heavy atom. The number of ether oxygens (including phenoxy) is 1. The van der Waals surface area contributed by atoms with Gasteiger partial charge in [-0.25, -0.2) is 9.78 Å². The first-order valence-electron chi connectivity index (χ1n) is 9.58. The molecule has 3 rings (SSSR count). The van der Waals surface area contributed by atoms with Crippen LogP contribution in [0.3, 0.4) is 0 Å². The second-order valence-corrected chi connectivity index (χ2v) is 7.79. The molecular formula is C21H26N4O3S. The van der Waals surface area contributed by atoms with E-state index in [2.05, 4.69) is 53.0 Å². The van der Waals surface area contributed by atoms with Gasteiger partial charge in [-0.15, -0.1) is 17.9 Å². The Hall–Kier alpha value is -2.71. The monoisotopic (exact) mass is 414 g/mol. The van der Waals surface area contributed by atoms with E-state index in [9.17, 15) is 9.59 Å². The van der Waals surface area contributed by atoms with Crippen molar-refractivity contribution in [1.29, 1.82) is 0 Å². The number of carbonyl (C=O) groups excluding carboxylic acids is 2. The minimum Gasteiger partial charge on any atom is -0.451 e. The van der Waals surface area contributed by atoms with Crippen molar-refractivity contribution in [2.45, 2.75) is 13.5 Å². The predicted molar refractivity (Wildman–Crippen MR) is 114 cm³/mol. The van der Waals surface area contributed by atoms with Crippen molar-refractivity contribution in [3.63, 3.8) is 0 Å². The first-order chi connectivity index (χ1) is 14.0. The number of rotatable bonds is 8. The summed E-state index contributed by atoms with van der Waals surface area (Å²) in [5.74, 6) is -0.756.